The molecule has 2 N–H and O–H groups in total. The average Bonchev–Trinajstić information content (AvgIpc) is 2.83. The normalized spacial score (nSPS) is 10.7. The van der Waals surface area contributed by atoms with E-state index in [9.17, 15) is 0 Å². The first kappa shape index (κ1) is 14.9. The van der Waals surface area contributed by atoms with Crippen molar-refractivity contribution in [2.45, 2.75) is 26.4 Å². The molecule has 0 aromatic carbocycles. The second kappa shape index (κ2) is 6.82. The summed E-state index contributed by atoms with van der Waals surface area (Å²) in [6.45, 7) is 4.46. The highest BCUT2D eigenvalue weighted by Crippen LogP contribution is 2.12. The maximum Gasteiger partial charge on any atom is 0.323 e. The van der Waals surface area contributed by atoms with E-state index >= 15 is 0 Å². The summed E-state index contributed by atoms with van der Waals surface area (Å²) in [7, 11) is 3.58. The first-order valence-corrected chi connectivity index (χ1v) is 6.75. The molecule has 0 amide bonds. The predicted molar refractivity (Wildman–Crippen MR) is 78.3 cm³/mol. The van der Waals surface area contributed by atoms with Gasteiger partial charge in [-0.2, -0.15) is 20.1 Å². The van der Waals surface area contributed by atoms with Gasteiger partial charge in [0.1, 0.15) is 6.33 Å². The number of nitrogens with zero attached hydrogens (tertiary/aromatic N) is 6. The van der Waals surface area contributed by atoms with Crippen LogP contribution in [-0.4, -0.2) is 49.4 Å². The maximum atomic E-state index is 5.50. The first-order chi connectivity index (χ1) is 10.1. The van der Waals surface area contributed by atoms with Gasteiger partial charge in [0.25, 0.3) is 0 Å². The number of hydrogen-bond donors (Lipinski definition) is 2. The Balaban J connectivity index is 1.97. The molecule has 0 aliphatic rings. The number of aryl methyl sites for hydroxylation is 1. The number of anilines is 2. The topological polar surface area (TPSA) is 103 Å². The van der Waals surface area contributed by atoms with E-state index < -0.39 is 0 Å². The molecule has 114 valence electrons. The molecule has 2 rings (SSSR count). The molecule has 0 radical (unpaired) electrons. The van der Waals surface area contributed by atoms with Crippen LogP contribution in [0.5, 0.6) is 6.01 Å². The molecular formula is C12H20N8O. The van der Waals surface area contributed by atoms with Gasteiger partial charge in [-0.25, -0.2) is 4.98 Å². The van der Waals surface area contributed by atoms with E-state index in [1.165, 1.54) is 0 Å². The van der Waals surface area contributed by atoms with Crippen molar-refractivity contribution in [3.05, 3.63) is 12.2 Å². The smallest absolute Gasteiger partial charge is 0.323 e. The van der Waals surface area contributed by atoms with Crippen molar-refractivity contribution in [2.24, 2.45) is 7.05 Å². The summed E-state index contributed by atoms with van der Waals surface area (Å²) in [6, 6.07) is 0.294. The zero-order valence-electron chi connectivity index (χ0n) is 12.7. The average molecular weight is 292 g/mol. The molecular weight excluding hydrogens is 272 g/mol. The van der Waals surface area contributed by atoms with Gasteiger partial charge in [-0.3, -0.25) is 4.68 Å². The third kappa shape index (κ3) is 4.55. The Labute approximate surface area is 123 Å². The van der Waals surface area contributed by atoms with Gasteiger partial charge in [-0.1, -0.05) is 0 Å². The van der Waals surface area contributed by atoms with E-state index in [0.717, 1.165) is 5.82 Å². The molecule has 0 bridgehead atoms. The number of ether oxygens (including phenoxy) is 1. The van der Waals surface area contributed by atoms with Gasteiger partial charge in [-0.05, 0) is 13.8 Å². The molecule has 0 atom stereocenters. The van der Waals surface area contributed by atoms with Gasteiger partial charge in [0.2, 0.25) is 11.9 Å². The third-order valence-electron chi connectivity index (χ3n) is 2.46. The molecule has 0 fully saturated rings. The Morgan fingerprint density at radius 1 is 1.24 bits per heavy atom. The van der Waals surface area contributed by atoms with Gasteiger partial charge in [0.15, 0.2) is 5.82 Å². The summed E-state index contributed by atoms with van der Waals surface area (Å²) < 4.78 is 7.17. The lowest BCUT2D eigenvalue weighted by Crippen LogP contribution is -2.14. The van der Waals surface area contributed by atoms with E-state index in [2.05, 4.69) is 35.7 Å². The summed E-state index contributed by atoms with van der Waals surface area (Å²) in [4.78, 5) is 16.7. The Bertz CT molecular complexity index is 582. The Kier molecular flexibility index (Phi) is 4.85. The Morgan fingerprint density at radius 3 is 2.62 bits per heavy atom. The van der Waals surface area contributed by atoms with Crippen molar-refractivity contribution in [1.82, 2.24) is 29.7 Å². The lowest BCUT2D eigenvalue weighted by Gasteiger charge is -2.10. The summed E-state index contributed by atoms with van der Waals surface area (Å²) in [5.41, 5.74) is 0. The van der Waals surface area contributed by atoms with Crippen LogP contribution in [0.1, 0.15) is 19.7 Å². The van der Waals surface area contributed by atoms with Gasteiger partial charge < -0.3 is 15.4 Å². The van der Waals surface area contributed by atoms with Crippen molar-refractivity contribution in [3.8, 4) is 6.01 Å². The van der Waals surface area contributed by atoms with E-state index in [4.69, 9.17) is 4.74 Å². The number of rotatable bonds is 7. The van der Waals surface area contributed by atoms with Crippen LogP contribution in [0, 0.1) is 0 Å². The van der Waals surface area contributed by atoms with Crippen LogP contribution in [-0.2, 0) is 13.5 Å². The lowest BCUT2D eigenvalue weighted by atomic mass is 10.4. The summed E-state index contributed by atoms with van der Waals surface area (Å²) >= 11 is 0. The lowest BCUT2D eigenvalue weighted by molar-refractivity contribution is 0.222. The monoisotopic (exact) mass is 292 g/mol. The quantitative estimate of drug-likeness (QED) is 0.759. The van der Waals surface area contributed by atoms with E-state index in [0.29, 0.717) is 30.9 Å². The molecule has 0 spiro atoms. The predicted octanol–water partition coefficient (Wildman–Crippen LogP) is 0.484. The van der Waals surface area contributed by atoms with Gasteiger partial charge in [0.05, 0.1) is 6.10 Å². The molecule has 2 aromatic heterocycles. The summed E-state index contributed by atoms with van der Waals surface area (Å²) in [6.07, 6.45) is 2.36. The highest BCUT2D eigenvalue weighted by molar-refractivity contribution is 5.35. The van der Waals surface area contributed by atoms with Crippen molar-refractivity contribution in [1.29, 1.82) is 0 Å². The maximum absolute atomic E-state index is 5.50. The second-order valence-corrected chi connectivity index (χ2v) is 4.69. The Hall–Kier alpha value is -2.45. The molecule has 2 aromatic rings. The van der Waals surface area contributed by atoms with Gasteiger partial charge in [0, 0.05) is 27.1 Å². The number of nitrogens with one attached hydrogen (secondary N) is 2. The molecule has 0 saturated carbocycles. The molecule has 21 heavy (non-hydrogen) atoms. The first-order valence-electron chi connectivity index (χ1n) is 6.75. The molecule has 0 aliphatic carbocycles. The Morgan fingerprint density at radius 2 is 2.00 bits per heavy atom. The van der Waals surface area contributed by atoms with Crippen LogP contribution in [0.25, 0.3) is 0 Å². The minimum atomic E-state index is 0.00248. The fourth-order valence-electron chi connectivity index (χ4n) is 1.60. The molecule has 0 aliphatic heterocycles. The minimum Gasteiger partial charge on any atom is -0.461 e. The highest BCUT2D eigenvalue weighted by Gasteiger charge is 2.08. The van der Waals surface area contributed by atoms with Gasteiger partial charge >= 0.3 is 6.01 Å². The minimum absolute atomic E-state index is 0.00248. The fraction of sp³-hybridized carbons (Fsp3) is 0.583. The third-order valence-corrected chi connectivity index (χ3v) is 2.46. The summed E-state index contributed by atoms with van der Waals surface area (Å²) in [5, 5.41) is 10.2. The van der Waals surface area contributed by atoms with E-state index in [-0.39, 0.29) is 6.10 Å². The van der Waals surface area contributed by atoms with Crippen LogP contribution < -0.4 is 15.4 Å². The molecule has 2 heterocycles. The second-order valence-electron chi connectivity index (χ2n) is 4.69. The van der Waals surface area contributed by atoms with Crippen molar-refractivity contribution < 1.29 is 4.74 Å². The van der Waals surface area contributed by atoms with Crippen molar-refractivity contribution >= 4 is 11.9 Å². The van der Waals surface area contributed by atoms with E-state index in [1.54, 1.807) is 18.1 Å². The molecule has 9 heteroatoms. The van der Waals surface area contributed by atoms with Crippen molar-refractivity contribution in [2.75, 3.05) is 24.2 Å². The number of hydrogen-bond acceptors (Lipinski definition) is 8. The zero-order valence-corrected chi connectivity index (χ0v) is 12.7. The van der Waals surface area contributed by atoms with Crippen LogP contribution in [0.15, 0.2) is 6.33 Å². The standard InChI is InChI=1S/C12H20N8O/c1-8(2)21-12-17-10(13-3)16-11(18-12)14-6-5-9-15-7-20(4)19-9/h7-8H,5-6H2,1-4H3,(H2,13,14,16,17,18). The summed E-state index contributed by atoms with van der Waals surface area (Å²) in [5.74, 6) is 1.69. The van der Waals surface area contributed by atoms with Crippen LogP contribution >= 0.6 is 0 Å². The van der Waals surface area contributed by atoms with Crippen LogP contribution in [0.2, 0.25) is 0 Å². The van der Waals surface area contributed by atoms with Gasteiger partial charge in [-0.15, -0.1) is 0 Å². The van der Waals surface area contributed by atoms with Crippen LogP contribution in [0.3, 0.4) is 0 Å². The number of aromatic nitrogens is 6. The van der Waals surface area contributed by atoms with E-state index in [1.807, 2.05) is 20.9 Å². The van der Waals surface area contributed by atoms with Crippen LogP contribution in [0.4, 0.5) is 11.9 Å². The largest absolute Gasteiger partial charge is 0.461 e. The SMILES string of the molecule is CNc1nc(NCCc2ncn(C)n2)nc(OC(C)C)n1. The highest BCUT2D eigenvalue weighted by atomic mass is 16.5. The zero-order chi connectivity index (χ0) is 15.2. The van der Waals surface area contributed by atoms with Crippen molar-refractivity contribution in [3.63, 3.8) is 0 Å². The molecule has 0 saturated heterocycles. The fourth-order valence-corrected chi connectivity index (χ4v) is 1.60. The molecule has 0 unspecified atom stereocenters. The molecule has 9 nitrogen and oxygen atoms in total.